The molecule has 3 rings (SSSR count). The summed E-state index contributed by atoms with van der Waals surface area (Å²) in [6, 6.07) is 11.5. The molecule has 1 aromatic carbocycles. The van der Waals surface area contributed by atoms with Crippen molar-refractivity contribution in [2.75, 3.05) is 26.2 Å². The van der Waals surface area contributed by atoms with E-state index in [2.05, 4.69) is 27.7 Å². The van der Waals surface area contributed by atoms with Gasteiger partial charge in [0.2, 0.25) is 5.91 Å². The fourth-order valence-electron chi connectivity index (χ4n) is 3.52. The summed E-state index contributed by atoms with van der Waals surface area (Å²) in [4.78, 5) is 28.4. The molecule has 1 N–H and O–H groups in total. The van der Waals surface area contributed by atoms with Crippen molar-refractivity contribution < 1.29 is 14.3 Å². The molecule has 2 aromatic rings. The molecule has 0 saturated carbocycles. The van der Waals surface area contributed by atoms with Gasteiger partial charge < -0.3 is 10.1 Å². The maximum Gasteiger partial charge on any atom is 0.220 e. The third-order valence-electron chi connectivity index (χ3n) is 5.01. The summed E-state index contributed by atoms with van der Waals surface area (Å²) in [5, 5.41) is 5.11. The normalized spacial score (nSPS) is 15.3. The lowest BCUT2D eigenvalue weighted by molar-refractivity contribution is -0.121. The average Bonchev–Trinajstić information content (AvgIpc) is 3.42. The monoisotopic (exact) mass is 400 g/mol. The quantitative estimate of drug-likeness (QED) is 0.611. The lowest BCUT2D eigenvalue weighted by Crippen LogP contribution is -2.36. The Bertz CT molecular complexity index is 753. The maximum atomic E-state index is 12.3. The van der Waals surface area contributed by atoms with Crippen molar-refractivity contribution in [3.63, 3.8) is 0 Å². The van der Waals surface area contributed by atoms with E-state index in [1.165, 1.54) is 17.7 Å². The molecule has 0 aliphatic carbocycles. The van der Waals surface area contributed by atoms with Crippen molar-refractivity contribution in [3.05, 3.63) is 52.2 Å². The van der Waals surface area contributed by atoms with Crippen LogP contribution in [-0.2, 0) is 4.79 Å². The van der Waals surface area contributed by atoms with Gasteiger partial charge in [-0.1, -0.05) is 6.07 Å². The number of thiophene rings is 1. The number of hydrogen-bond donors (Lipinski definition) is 1. The van der Waals surface area contributed by atoms with Crippen LogP contribution in [0.3, 0.4) is 0 Å². The fourth-order valence-corrected chi connectivity index (χ4v) is 4.38. The minimum atomic E-state index is -0.0694. The van der Waals surface area contributed by atoms with Crippen LogP contribution >= 0.6 is 11.3 Å². The van der Waals surface area contributed by atoms with E-state index in [1.807, 2.05) is 6.92 Å². The van der Waals surface area contributed by atoms with Gasteiger partial charge in [-0.2, -0.15) is 0 Å². The highest BCUT2D eigenvalue weighted by Crippen LogP contribution is 2.27. The third kappa shape index (κ3) is 5.66. The largest absolute Gasteiger partial charge is 0.494 e. The number of benzene rings is 1. The van der Waals surface area contributed by atoms with Gasteiger partial charge in [0.15, 0.2) is 5.78 Å². The first kappa shape index (κ1) is 20.6. The van der Waals surface area contributed by atoms with Gasteiger partial charge in [0.1, 0.15) is 5.75 Å². The van der Waals surface area contributed by atoms with Gasteiger partial charge in [0, 0.05) is 29.8 Å². The smallest absolute Gasteiger partial charge is 0.220 e. The van der Waals surface area contributed by atoms with E-state index in [0.717, 1.165) is 18.8 Å². The van der Waals surface area contributed by atoms with Crippen LogP contribution in [0.15, 0.2) is 41.8 Å². The minimum absolute atomic E-state index is 0.0208. The van der Waals surface area contributed by atoms with Crippen LogP contribution < -0.4 is 10.1 Å². The zero-order valence-electron chi connectivity index (χ0n) is 16.4. The van der Waals surface area contributed by atoms with Gasteiger partial charge in [-0.3, -0.25) is 14.5 Å². The molecule has 1 aliphatic rings. The molecular weight excluding hydrogens is 372 g/mol. The van der Waals surface area contributed by atoms with Crippen molar-refractivity contribution >= 4 is 23.0 Å². The van der Waals surface area contributed by atoms with E-state index in [4.69, 9.17) is 4.74 Å². The number of amides is 1. The second-order valence-electron chi connectivity index (χ2n) is 6.96. The Kier molecular flexibility index (Phi) is 7.62. The summed E-state index contributed by atoms with van der Waals surface area (Å²) >= 11 is 1.73. The number of nitrogens with one attached hydrogen (secondary N) is 1. The van der Waals surface area contributed by atoms with E-state index >= 15 is 0 Å². The van der Waals surface area contributed by atoms with Crippen molar-refractivity contribution in [1.29, 1.82) is 0 Å². The van der Waals surface area contributed by atoms with Crippen LogP contribution in [0.25, 0.3) is 0 Å². The summed E-state index contributed by atoms with van der Waals surface area (Å²) in [7, 11) is 0. The summed E-state index contributed by atoms with van der Waals surface area (Å²) in [6.07, 6.45) is 2.86. The number of ketones is 1. The van der Waals surface area contributed by atoms with Gasteiger partial charge in [0.25, 0.3) is 0 Å². The zero-order chi connectivity index (χ0) is 19.8. The zero-order valence-corrected chi connectivity index (χ0v) is 17.2. The second kappa shape index (κ2) is 10.4. The number of hydrogen-bond acceptors (Lipinski definition) is 5. The van der Waals surface area contributed by atoms with Crippen LogP contribution in [0.5, 0.6) is 5.75 Å². The second-order valence-corrected chi connectivity index (χ2v) is 7.94. The molecule has 6 heteroatoms. The SMILES string of the molecule is CCOc1ccc(C(=O)CCC(=O)NCC(c2cccs2)N2CCCC2)cc1. The van der Waals surface area contributed by atoms with Gasteiger partial charge in [-0.25, -0.2) is 0 Å². The van der Waals surface area contributed by atoms with Crippen molar-refractivity contribution in [3.8, 4) is 5.75 Å². The number of ether oxygens (including phenoxy) is 1. The standard InChI is InChI=1S/C22H28N2O3S/c1-2-27-18-9-7-17(8-10-18)20(25)11-12-22(26)23-16-19(21-6-5-15-28-21)24-13-3-4-14-24/h5-10,15,19H,2-4,11-14,16H2,1H3,(H,23,26). The van der Waals surface area contributed by atoms with Crippen LogP contribution in [0.4, 0.5) is 0 Å². The molecule has 0 spiro atoms. The van der Waals surface area contributed by atoms with Gasteiger partial charge >= 0.3 is 0 Å². The first-order chi connectivity index (χ1) is 13.7. The predicted octanol–water partition coefficient (Wildman–Crippen LogP) is 4.06. The fraction of sp³-hybridized carbons (Fsp3) is 0.455. The van der Waals surface area contributed by atoms with Gasteiger partial charge in [0.05, 0.1) is 12.6 Å². The first-order valence-corrected chi connectivity index (χ1v) is 10.9. The van der Waals surface area contributed by atoms with Crippen LogP contribution in [0.2, 0.25) is 0 Å². The van der Waals surface area contributed by atoms with E-state index in [9.17, 15) is 9.59 Å². The lowest BCUT2D eigenvalue weighted by Gasteiger charge is -2.26. The number of likely N-dealkylation sites (tertiary alicyclic amines) is 1. The van der Waals surface area contributed by atoms with E-state index in [1.54, 1.807) is 35.6 Å². The number of carbonyl (C=O) groups is 2. The Morgan fingerprint density at radius 2 is 1.89 bits per heavy atom. The topological polar surface area (TPSA) is 58.6 Å². The van der Waals surface area contributed by atoms with E-state index in [0.29, 0.717) is 18.7 Å². The molecule has 5 nitrogen and oxygen atoms in total. The Labute approximate surface area is 170 Å². The van der Waals surface area contributed by atoms with Crippen molar-refractivity contribution in [2.45, 2.75) is 38.6 Å². The Morgan fingerprint density at radius 1 is 1.14 bits per heavy atom. The molecule has 1 aromatic heterocycles. The summed E-state index contributed by atoms with van der Waals surface area (Å²) < 4.78 is 5.39. The number of Topliss-reactive ketones (excluding diaryl/α,β-unsaturated/α-hetero) is 1. The van der Waals surface area contributed by atoms with E-state index < -0.39 is 0 Å². The molecule has 1 unspecified atom stereocenters. The number of carbonyl (C=O) groups excluding carboxylic acids is 2. The molecule has 0 bridgehead atoms. The highest BCUT2D eigenvalue weighted by Gasteiger charge is 2.24. The molecule has 150 valence electrons. The lowest BCUT2D eigenvalue weighted by atomic mass is 10.1. The number of nitrogens with zero attached hydrogens (tertiary/aromatic N) is 1. The Balaban J connectivity index is 1.47. The Morgan fingerprint density at radius 3 is 2.54 bits per heavy atom. The summed E-state index contributed by atoms with van der Waals surface area (Å²) in [5.41, 5.74) is 0.616. The van der Waals surface area contributed by atoms with Gasteiger partial charge in [-0.05, 0) is 68.6 Å². The molecule has 0 radical (unpaired) electrons. The van der Waals surface area contributed by atoms with Crippen LogP contribution in [-0.4, -0.2) is 42.8 Å². The highest BCUT2D eigenvalue weighted by atomic mass is 32.1. The number of rotatable bonds is 10. The maximum absolute atomic E-state index is 12.3. The van der Waals surface area contributed by atoms with E-state index in [-0.39, 0.29) is 30.6 Å². The molecule has 1 aliphatic heterocycles. The Hall–Kier alpha value is -2.18. The molecule has 1 atom stereocenters. The van der Waals surface area contributed by atoms with Crippen molar-refractivity contribution in [1.82, 2.24) is 10.2 Å². The van der Waals surface area contributed by atoms with Gasteiger partial charge in [-0.15, -0.1) is 11.3 Å². The highest BCUT2D eigenvalue weighted by molar-refractivity contribution is 7.10. The average molecular weight is 401 g/mol. The summed E-state index contributed by atoms with van der Waals surface area (Å²) in [6.45, 7) is 5.27. The van der Waals surface area contributed by atoms with Crippen LogP contribution in [0, 0.1) is 0 Å². The molecule has 1 amide bonds. The molecule has 1 saturated heterocycles. The molecule has 2 heterocycles. The predicted molar refractivity (Wildman–Crippen MR) is 112 cm³/mol. The first-order valence-electron chi connectivity index (χ1n) is 9.97. The van der Waals surface area contributed by atoms with Crippen molar-refractivity contribution in [2.24, 2.45) is 0 Å². The molecule has 1 fully saturated rings. The van der Waals surface area contributed by atoms with Crippen LogP contribution in [0.1, 0.15) is 53.9 Å². The summed E-state index contributed by atoms with van der Waals surface area (Å²) in [5.74, 6) is 0.658. The minimum Gasteiger partial charge on any atom is -0.494 e. The third-order valence-corrected chi connectivity index (χ3v) is 5.99. The molecule has 28 heavy (non-hydrogen) atoms. The molecular formula is C22H28N2O3S.